The molecular formula is C24H26N4O2. The van der Waals surface area contributed by atoms with Gasteiger partial charge in [-0.2, -0.15) is 5.10 Å². The van der Waals surface area contributed by atoms with E-state index in [0.717, 1.165) is 40.7 Å². The predicted octanol–water partition coefficient (Wildman–Crippen LogP) is 4.87. The molecule has 0 bridgehead atoms. The molecule has 2 fully saturated rings. The Morgan fingerprint density at radius 3 is 2.70 bits per heavy atom. The Bertz CT molecular complexity index is 1010. The number of carbonyl (C=O) groups excluding carboxylic acids is 1. The van der Waals surface area contributed by atoms with Crippen molar-refractivity contribution in [3.63, 3.8) is 0 Å². The fraction of sp³-hybridized carbons (Fsp3) is 0.333. The number of urea groups is 1. The molecule has 1 N–H and O–H groups in total. The third-order valence-electron chi connectivity index (χ3n) is 6.04. The standard InChI is InChI=1S/C24H26N4O2/c1-17(20-3-2-4-23(13-20)30-16-18-5-6-18)27-11-12-28(24(27)29)22-9-7-19(8-10-22)21-14-25-26-15-21/h2-4,7-10,13-15,17-18H,5-6,11-12,16H2,1H3,(H,25,26). The first-order valence-electron chi connectivity index (χ1n) is 10.6. The van der Waals surface area contributed by atoms with Crippen molar-refractivity contribution >= 4 is 11.7 Å². The van der Waals surface area contributed by atoms with E-state index in [1.54, 1.807) is 6.20 Å². The number of benzene rings is 2. The number of aromatic nitrogens is 2. The highest BCUT2D eigenvalue weighted by Crippen LogP contribution is 2.32. The van der Waals surface area contributed by atoms with Crippen LogP contribution in [-0.4, -0.2) is 40.8 Å². The lowest BCUT2D eigenvalue weighted by Crippen LogP contribution is -2.33. The van der Waals surface area contributed by atoms with E-state index in [-0.39, 0.29) is 12.1 Å². The molecule has 1 saturated carbocycles. The summed E-state index contributed by atoms with van der Waals surface area (Å²) < 4.78 is 5.92. The number of hydrogen-bond donors (Lipinski definition) is 1. The second-order valence-corrected chi connectivity index (χ2v) is 8.16. The van der Waals surface area contributed by atoms with Crippen LogP contribution in [0.25, 0.3) is 11.1 Å². The van der Waals surface area contributed by atoms with Crippen molar-refractivity contribution in [2.45, 2.75) is 25.8 Å². The van der Waals surface area contributed by atoms with Crippen molar-refractivity contribution in [3.05, 3.63) is 66.5 Å². The summed E-state index contributed by atoms with van der Waals surface area (Å²) >= 11 is 0. The summed E-state index contributed by atoms with van der Waals surface area (Å²) in [5.41, 5.74) is 4.14. The Balaban J connectivity index is 1.27. The van der Waals surface area contributed by atoms with Gasteiger partial charge in [-0.25, -0.2) is 4.79 Å². The van der Waals surface area contributed by atoms with Gasteiger partial charge in [-0.3, -0.25) is 10.00 Å². The van der Waals surface area contributed by atoms with Gasteiger partial charge in [0.25, 0.3) is 0 Å². The maximum Gasteiger partial charge on any atom is 0.325 e. The number of H-pyrrole nitrogens is 1. The van der Waals surface area contributed by atoms with Crippen molar-refractivity contribution < 1.29 is 9.53 Å². The molecule has 2 aromatic carbocycles. The van der Waals surface area contributed by atoms with Gasteiger partial charge in [-0.15, -0.1) is 0 Å². The third kappa shape index (κ3) is 3.77. The Labute approximate surface area is 176 Å². The number of anilines is 1. The van der Waals surface area contributed by atoms with Crippen molar-refractivity contribution in [2.75, 3.05) is 24.6 Å². The van der Waals surface area contributed by atoms with Crippen LogP contribution in [0.15, 0.2) is 60.9 Å². The number of carbonyl (C=O) groups is 1. The number of rotatable bonds is 7. The van der Waals surface area contributed by atoms with E-state index in [9.17, 15) is 4.79 Å². The second kappa shape index (κ2) is 7.86. The highest BCUT2D eigenvalue weighted by Gasteiger charge is 2.33. The molecule has 1 saturated heterocycles. The Kier molecular flexibility index (Phi) is 4.91. The summed E-state index contributed by atoms with van der Waals surface area (Å²) in [6, 6.07) is 16.3. The van der Waals surface area contributed by atoms with Gasteiger partial charge in [0.15, 0.2) is 0 Å². The first-order valence-corrected chi connectivity index (χ1v) is 10.6. The van der Waals surface area contributed by atoms with Crippen LogP contribution in [0.1, 0.15) is 31.4 Å². The molecule has 1 atom stereocenters. The normalized spacial score (nSPS) is 17.4. The molecule has 1 aliphatic carbocycles. The van der Waals surface area contributed by atoms with Gasteiger partial charge >= 0.3 is 6.03 Å². The highest BCUT2D eigenvalue weighted by molar-refractivity contribution is 5.94. The largest absolute Gasteiger partial charge is 0.493 e. The molecule has 2 aliphatic rings. The summed E-state index contributed by atoms with van der Waals surface area (Å²) in [6.45, 7) is 4.27. The molecule has 3 aromatic rings. The van der Waals surface area contributed by atoms with Crippen LogP contribution in [0.2, 0.25) is 0 Å². The molecule has 154 valence electrons. The van der Waals surface area contributed by atoms with Gasteiger partial charge < -0.3 is 9.64 Å². The number of hydrogen-bond acceptors (Lipinski definition) is 3. The molecule has 6 heteroatoms. The first kappa shape index (κ1) is 18.7. The fourth-order valence-electron chi connectivity index (χ4n) is 3.94. The number of amides is 2. The quantitative estimate of drug-likeness (QED) is 0.613. The smallest absolute Gasteiger partial charge is 0.325 e. The van der Waals surface area contributed by atoms with Gasteiger partial charge in [0.2, 0.25) is 0 Å². The number of nitrogens with one attached hydrogen (secondary N) is 1. The summed E-state index contributed by atoms with van der Waals surface area (Å²) in [5.74, 6) is 1.62. The van der Waals surface area contributed by atoms with Crippen molar-refractivity contribution in [1.82, 2.24) is 15.1 Å². The zero-order valence-electron chi connectivity index (χ0n) is 17.1. The van der Waals surface area contributed by atoms with Gasteiger partial charge in [0.05, 0.1) is 18.8 Å². The average molecular weight is 402 g/mol. The molecular weight excluding hydrogens is 376 g/mol. The summed E-state index contributed by atoms with van der Waals surface area (Å²) in [6.07, 6.45) is 6.21. The topological polar surface area (TPSA) is 61.5 Å². The summed E-state index contributed by atoms with van der Waals surface area (Å²) in [7, 11) is 0. The zero-order chi connectivity index (χ0) is 20.5. The molecule has 30 heavy (non-hydrogen) atoms. The van der Waals surface area contributed by atoms with Gasteiger partial charge in [-0.1, -0.05) is 24.3 Å². The van der Waals surface area contributed by atoms with Crippen LogP contribution in [-0.2, 0) is 0 Å². The first-order chi connectivity index (χ1) is 14.7. The molecule has 1 unspecified atom stereocenters. The van der Waals surface area contributed by atoms with Crippen LogP contribution in [0.4, 0.5) is 10.5 Å². The molecule has 5 rings (SSSR count). The Hall–Kier alpha value is -3.28. The fourth-order valence-corrected chi connectivity index (χ4v) is 3.94. The maximum absolute atomic E-state index is 13.1. The van der Waals surface area contributed by atoms with Crippen LogP contribution < -0.4 is 9.64 Å². The van der Waals surface area contributed by atoms with E-state index in [0.29, 0.717) is 13.1 Å². The average Bonchev–Trinajstić information content (AvgIpc) is 3.29. The minimum atomic E-state index is -0.00261. The minimum absolute atomic E-state index is 0.00261. The lowest BCUT2D eigenvalue weighted by atomic mass is 10.1. The van der Waals surface area contributed by atoms with Crippen LogP contribution >= 0.6 is 0 Å². The Morgan fingerprint density at radius 1 is 1.13 bits per heavy atom. The van der Waals surface area contributed by atoms with E-state index in [1.807, 2.05) is 52.4 Å². The summed E-state index contributed by atoms with van der Waals surface area (Å²) in [4.78, 5) is 16.9. The molecule has 6 nitrogen and oxygen atoms in total. The maximum atomic E-state index is 13.1. The van der Waals surface area contributed by atoms with Crippen LogP contribution in [0.5, 0.6) is 5.75 Å². The van der Waals surface area contributed by atoms with Crippen LogP contribution in [0, 0.1) is 5.92 Å². The molecule has 1 aliphatic heterocycles. The zero-order valence-corrected chi connectivity index (χ0v) is 17.1. The van der Waals surface area contributed by atoms with E-state index in [2.05, 4.69) is 29.3 Å². The minimum Gasteiger partial charge on any atom is -0.493 e. The lowest BCUT2D eigenvalue weighted by molar-refractivity contribution is 0.205. The van der Waals surface area contributed by atoms with Crippen molar-refractivity contribution in [2.24, 2.45) is 5.92 Å². The molecule has 2 heterocycles. The van der Waals surface area contributed by atoms with E-state index < -0.39 is 0 Å². The predicted molar refractivity (Wildman–Crippen MR) is 117 cm³/mol. The Morgan fingerprint density at radius 2 is 1.97 bits per heavy atom. The second-order valence-electron chi connectivity index (χ2n) is 8.16. The molecule has 0 radical (unpaired) electrons. The summed E-state index contributed by atoms with van der Waals surface area (Å²) in [5, 5.41) is 6.82. The van der Waals surface area contributed by atoms with Gasteiger partial charge in [0.1, 0.15) is 5.75 Å². The highest BCUT2D eigenvalue weighted by atomic mass is 16.5. The van der Waals surface area contributed by atoms with E-state index in [1.165, 1.54) is 12.8 Å². The van der Waals surface area contributed by atoms with Crippen LogP contribution in [0.3, 0.4) is 0 Å². The van der Waals surface area contributed by atoms with Gasteiger partial charge in [-0.05, 0) is 61.1 Å². The number of aromatic amines is 1. The third-order valence-corrected chi connectivity index (χ3v) is 6.04. The SMILES string of the molecule is CC(c1cccc(OCC2CC2)c1)N1CCN(c2ccc(-c3cn[nH]c3)cc2)C1=O. The monoisotopic (exact) mass is 402 g/mol. The molecule has 1 aromatic heterocycles. The molecule has 2 amide bonds. The number of nitrogens with zero attached hydrogens (tertiary/aromatic N) is 3. The van der Waals surface area contributed by atoms with E-state index in [4.69, 9.17) is 4.74 Å². The van der Waals surface area contributed by atoms with Crippen molar-refractivity contribution in [1.29, 1.82) is 0 Å². The van der Waals surface area contributed by atoms with Gasteiger partial charge in [0, 0.05) is 30.5 Å². The van der Waals surface area contributed by atoms with Crippen molar-refractivity contribution in [3.8, 4) is 16.9 Å². The van der Waals surface area contributed by atoms with E-state index >= 15 is 0 Å². The molecule has 0 spiro atoms. The number of ether oxygens (including phenoxy) is 1. The lowest BCUT2D eigenvalue weighted by Gasteiger charge is -2.25.